The van der Waals surface area contributed by atoms with Crippen molar-refractivity contribution in [2.75, 3.05) is 11.9 Å². The van der Waals surface area contributed by atoms with Gasteiger partial charge in [0.2, 0.25) is 5.91 Å². The van der Waals surface area contributed by atoms with Crippen LogP contribution in [0.2, 0.25) is 0 Å². The molecule has 0 unspecified atom stereocenters. The third kappa shape index (κ3) is 5.03. The Morgan fingerprint density at radius 3 is 2.91 bits per heavy atom. The zero-order valence-corrected chi connectivity index (χ0v) is 14.8. The van der Waals surface area contributed by atoms with Crippen molar-refractivity contribution in [3.63, 3.8) is 0 Å². The summed E-state index contributed by atoms with van der Waals surface area (Å²) in [4.78, 5) is 17.8. The number of benzene rings is 1. The van der Waals surface area contributed by atoms with Gasteiger partial charge in [0.1, 0.15) is 0 Å². The summed E-state index contributed by atoms with van der Waals surface area (Å²) < 4.78 is 0. The molecule has 1 aliphatic heterocycles. The fraction of sp³-hybridized carbons (Fsp3) is 0.412. The molecule has 0 bridgehead atoms. The molecular formula is C17H22ClN3OS. The van der Waals surface area contributed by atoms with Crippen molar-refractivity contribution in [1.29, 1.82) is 0 Å². The van der Waals surface area contributed by atoms with E-state index in [4.69, 9.17) is 0 Å². The van der Waals surface area contributed by atoms with Gasteiger partial charge in [-0.15, -0.1) is 23.7 Å². The molecule has 2 atom stereocenters. The fourth-order valence-electron chi connectivity index (χ4n) is 2.82. The quantitative estimate of drug-likeness (QED) is 0.886. The molecule has 2 aromatic rings. The molecule has 1 aromatic heterocycles. The van der Waals surface area contributed by atoms with Crippen molar-refractivity contribution in [1.82, 2.24) is 10.3 Å². The molecule has 1 aromatic carbocycles. The smallest absolute Gasteiger partial charge is 0.229 e. The van der Waals surface area contributed by atoms with E-state index in [1.807, 2.05) is 24.4 Å². The minimum absolute atomic E-state index is 0. The summed E-state index contributed by atoms with van der Waals surface area (Å²) in [5.74, 6) is 0.201. The largest absolute Gasteiger partial charge is 0.314 e. The number of halogens is 1. The van der Waals surface area contributed by atoms with Crippen molar-refractivity contribution in [3.8, 4) is 0 Å². The molecule has 23 heavy (non-hydrogen) atoms. The van der Waals surface area contributed by atoms with Gasteiger partial charge in [0, 0.05) is 29.5 Å². The first-order valence-corrected chi connectivity index (χ1v) is 8.55. The van der Waals surface area contributed by atoms with Crippen LogP contribution < -0.4 is 10.6 Å². The Labute approximate surface area is 147 Å². The summed E-state index contributed by atoms with van der Waals surface area (Å²) in [6.45, 7) is 3.04. The molecule has 0 saturated carbocycles. The lowest BCUT2D eigenvalue weighted by Crippen LogP contribution is -2.40. The molecular weight excluding hydrogens is 330 g/mol. The number of nitrogens with one attached hydrogen (secondary N) is 2. The number of thiazole rings is 1. The molecule has 124 valence electrons. The zero-order chi connectivity index (χ0) is 15.4. The molecule has 3 rings (SSSR count). The number of anilines is 1. The number of rotatable bonds is 4. The average molecular weight is 352 g/mol. The highest BCUT2D eigenvalue weighted by Gasteiger charge is 2.25. The van der Waals surface area contributed by atoms with Crippen LogP contribution in [0, 0.1) is 5.92 Å². The minimum Gasteiger partial charge on any atom is -0.314 e. The molecule has 0 radical (unpaired) electrons. The van der Waals surface area contributed by atoms with Crippen LogP contribution in [-0.4, -0.2) is 23.5 Å². The van der Waals surface area contributed by atoms with Crippen LogP contribution in [0.3, 0.4) is 0 Å². The van der Waals surface area contributed by atoms with Gasteiger partial charge in [-0.25, -0.2) is 4.98 Å². The van der Waals surface area contributed by atoms with Gasteiger partial charge < -0.3 is 10.6 Å². The third-order valence-electron chi connectivity index (χ3n) is 4.00. The summed E-state index contributed by atoms with van der Waals surface area (Å²) in [5, 5.41) is 7.06. The predicted octanol–water partition coefficient (Wildman–Crippen LogP) is 3.48. The van der Waals surface area contributed by atoms with Gasteiger partial charge >= 0.3 is 0 Å². The lowest BCUT2D eigenvalue weighted by Gasteiger charge is -2.26. The number of aromatic nitrogens is 1. The highest BCUT2D eigenvalue weighted by molar-refractivity contribution is 7.15. The molecule has 2 heterocycles. The van der Waals surface area contributed by atoms with Crippen molar-refractivity contribution in [2.24, 2.45) is 5.92 Å². The molecule has 1 saturated heterocycles. The van der Waals surface area contributed by atoms with Crippen LogP contribution in [0.1, 0.15) is 30.2 Å². The van der Waals surface area contributed by atoms with Gasteiger partial charge in [-0.05, 0) is 31.9 Å². The number of hydrogen-bond donors (Lipinski definition) is 2. The molecule has 1 fully saturated rings. The van der Waals surface area contributed by atoms with Crippen molar-refractivity contribution >= 4 is 34.8 Å². The SMILES string of the molecule is C[C@H]1C[C@@H](C(=O)Nc2ncc(Cc3ccccc3)s2)CCN1.Cl. The molecule has 0 spiro atoms. The van der Waals surface area contributed by atoms with E-state index in [0.717, 1.165) is 25.8 Å². The predicted molar refractivity (Wildman–Crippen MR) is 97.4 cm³/mol. The second-order valence-corrected chi connectivity index (χ2v) is 6.98. The van der Waals surface area contributed by atoms with Crippen LogP contribution in [0.25, 0.3) is 0 Å². The molecule has 6 heteroatoms. The first-order chi connectivity index (χ1) is 10.7. The second kappa shape index (κ2) is 8.43. The van der Waals surface area contributed by atoms with E-state index in [2.05, 4.69) is 34.7 Å². The Morgan fingerprint density at radius 2 is 2.17 bits per heavy atom. The maximum atomic E-state index is 12.3. The van der Waals surface area contributed by atoms with Gasteiger partial charge in [-0.3, -0.25) is 4.79 Å². The van der Waals surface area contributed by atoms with E-state index >= 15 is 0 Å². The van der Waals surface area contributed by atoms with Gasteiger partial charge in [0.15, 0.2) is 5.13 Å². The molecule has 0 aliphatic carbocycles. The van der Waals surface area contributed by atoms with Crippen LogP contribution in [0.15, 0.2) is 36.5 Å². The zero-order valence-electron chi connectivity index (χ0n) is 13.1. The van der Waals surface area contributed by atoms with Crippen LogP contribution in [0.5, 0.6) is 0 Å². The Balaban J connectivity index is 0.00000192. The Morgan fingerprint density at radius 1 is 1.39 bits per heavy atom. The van der Waals surface area contributed by atoms with Crippen LogP contribution >= 0.6 is 23.7 Å². The topological polar surface area (TPSA) is 54.0 Å². The van der Waals surface area contributed by atoms with E-state index in [1.165, 1.54) is 10.4 Å². The standard InChI is InChI=1S/C17H21N3OS.ClH/c1-12-9-14(7-8-18-12)16(21)20-17-19-11-15(22-17)10-13-5-3-2-4-6-13;/h2-6,11-12,14,18H,7-10H2,1H3,(H,19,20,21);1H/t12-,14-;/m0./s1. The van der Waals surface area contributed by atoms with E-state index < -0.39 is 0 Å². The van der Waals surface area contributed by atoms with E-state index in [9.17, 15) is 4.79 Å². The summed E-state index contributed by atoms with van der Waals surface area (Å²) in [7, 11) is 0. The van der Waals surface area contributed by atoms with Crippen molar-refractivity contribution in [2.45, 2.75) is 32.2 Å². The Kier molecular flexibility index (Phi) is 6.57. The number of carbonyl (C=O) groups excluding carboxylic acids is 1. The fourth-order valence-corrected chi connectivity index (χ4v) is 3.67. The molecule has 2 N–H and O–H groups in total. The van der Waals surface area contributed by atoms with Gasteiger partial charge in [-0.2, -0.15) is 0 Å². The Hall–Kier alpha value is -1.43. The molecule has 1 amide bonds. The van der Waals surface area contributed by atoms with Crippen LogP contribution in [0.4, 0.5) is 5.13 Å². The van der Waals surface area contributed by atoms with E-state index in [0.29, 0.717) is 11.2 Å². The Bertz CT molecular complexity index is 632. The van der Waals surface area contributed by atoms with Crippen molar-refractivity contribution in [3.05, 3.63) is 47.0 Å². The minimum atomic E-state index is 0. The molecule has 4 nitrogen and oxygen atoms in total. The monoisotopic (exact) mass is 351 g/mol. The number of carbonyl (C=O) groups is 1. The van der Waals surface area contributed by atoms with E-state index in [-0.39, 0.29) is 24.2 Å². The third-order valence-corrected chi connectivity index (χ3v) is 4.91. The number of nitrogens with zero attached hydrogens (tertiary/aromatic N) is 1. The molecule has 1 aliphatic rings. The summed E-state index contributed by atoms with van der Waals surface area (Å²) in [6.07, 6.45) is 4.52. The summed E-state index contributed by atoms with van der Waals surface area (Å²) >= 11 is 1.56. The number of hydrogen-bond acceptors (Lipinski definition) is 4. The highest BCUT2D eigenvalue weighted by atomic mass is 35.5. The maximum absolute atomic E-state index is 12.3. The van der Waals surface area contributed by atoms with Gasteiger partial charge in [0.25, 0.3) is 0 Å². The van der Waals surface area contributed by atoms with Gasteiger partial charge in [0.05, 0.1) is 0 Å². The lowest BCUT2D eigenvalue weighted by molar-refractivity contribution is -0.120. The summed E-state index contributed by atoms with van der Waals surface area (Å²) in [6, 6.07) is 10.7. The first-order valence-electron chi connectivity index (χ1n) is 7.73. The first kappa shape index (κ1) is 17.9. The number of amides is 1. The maximum Gasteiger partial charge on any atom is 0.229 e. The summed E-state index contributed by atoms with van der Waals surface area (Å²) in [5.41, 5.74) is 1.26. The number of piperidine rings is 1. The highest BCUT2D eigenvalue weighted by Crippen LogP contribution is 2.23. The normalized spacial score (nSPS) is 20.6. The second-order valence-electron chi connectivity index (χ2n) is 5.86. The van der Waals surface area contributed by atoms with Crippen molar-refractivity contribution < 1.29 is 4.79 Å². The average Bonchev–Trinajstić information content (AvgIpc) is 2.95. The van der Waals surface area contributed by atoms with E-state index in [1.54, 1.807) is 11.3 Å². The lowest BCUT2D eigenvalue weighted by atomic mass is 9.93. The van der Waals surface area contributed by atoms with Gasteiger partial charge in [-0.1, -0.05) is 30.3 Å². The van der Waals surface area contributed by atoms with Crippen LogP contribution in [-0.2, 0) is 11.2 Å².